The van der Waals surface area contributed by atoms with Gasteiger partial charge >= 0.3 is 6.18 Å². The molecular formula is C12H16ClF3N2O2. The van der Waals surface area contributed by atoms with E-state index in [1.54, 1.807) is 0 Å². The summed E-state index contributed by atoms with van der Waals surface area (Å²) in [6, 6.07) is 4.15. The van der Waals surface area contributed by atoms with Crippen molar-refractivity contribution in [2.24, 2.45) is 5.73 Å². The summed E-state index contributed by atoms with van der Waals surface area (Å²) in [4.78, 5) is 11.5. The highest BCUT2D eigenvalue weighted by Crippen LogP contribution is 2.31. The molecule has 0 saturated carbocycles. The quantitative estimate of drug-likeness (QED) is 0.870. The van der Waals surface area contributed by atoms with E-state index in [-0.39, 0.29) is 31.1 Å². The largest absolute Gasteiger partial charge is 0.416 e. The number of hydrogen-bond donors (Lipinski definition) is 2. The normalized spacial score (nSPS) is 12.4. The van der Waals surface area contributed by atoms with Crippen LogP contribution >= 0.6 is 12.4 Å². The first-order valence-corrected chi connectivity index (χ1v) is 5.53. The van der Waals surface area contributed by atoms with Gasteiger partial charge in [-0.05, 0) is 11.6 Å². The highest BCUT2D eigenvalue weighted by atomic mass is 35.5. The van der Waals surface area contributed by atoms with Crippen molar-refractivity contribution in [3.63, 3.8) is 0 Å². The minimum absolute atomic E-state index is 0. The SMILES string of the molecule is COCC(N)C(=O)NCc1ccccc1C(F)(F)F.Cl. The number of ether oxygens (including phenoxy) is 1. The van der Waals surface area contributed by atoms with E-state index in [4.69, 9.17) is 5.73 Å². The van der Waals surface area contributed by atoms with E-state index >= 15 is 0 Å². The molecule has 1 rings (SSSR count). The second-order valence-electron chi connectivity index (χ2n) is 3.93. The van der Waals surface area contributed by atoms with Gasteiger partial charge in [0.2, 0.25) is 5.91 Å². The predicted octanol–water partition coefficient (Wildman–Crippen LogP) is 1.72. The standard InChI is InChI=1S/C12H15F3N2O2.ClH/c1-19-7-10(16)11(18)17-6-8-4-2-3-5-9(8)12(13,14)15;/h2-5,10H,6-7,16H2,1H3,(H,17,18);1H. The summed E-state index contributed by atoms with van der Waals surface area (Å²) >= 11 is 0. The Kier molecular flexibility index (Phi) is 7.55. The van der Waals surface area contributed by atoms with Crippen molar-refractivity contribution in [2.75, 3.05) is 13.7 Å². The molecule has 20 heavy (non-hydrogen) atoms. The number of rotatable bonds is 5. The fraction of sp³-hybridized carbons (Fsp3) is 0.417. The minimum atomic E-state index is -4.45. The minimum Gasteiger partial charge on any atom is -0.383 e. The number of nitrogens with two attached hydrogens (primary N) is 1. The average molecular weight is 313 g/mol. The van der Waals surface area contributed by atoms with E-state index in [1.807, 2.05) is 0 Å². The topological polar surface area (TPSA) is 64.3 Å². The lowest BCUT2D eigenvalue weighted by molar-refractivity contribution is -0.138. The van der Waals surface area contributed by atoms with Crippen LogP contribution in [0, 0.1) is 0 Å². The number of halogens is 4. The Morgan fingerprint density at radius 2 is 2.00 bits per heavy atom. The molecule has 0 radical (unpaired) electrons. The molecule has 0 bridgehead atoms. The number of carbonyl (C=O) groups excluding carboxylic acids is 1. The van der Waals surface area contributed by atoms with Crippen LogP contribution in [-0.2, 0) is 22.3 Å². The van der Waals surface area contributed by atoms with Gasteiger partial charge in [-0.25, -0.2) is 0 Å². The van der Waals surface area contributed by atoms with Gasteiger partial charge in [-0.2, -0.15) is 13.2 Å². The molecule has 4 nitrogen and oxygen atoms in total. The van der Waals surface area contributed by atoms with Crippen molar-refractivity contribution in [3.05, 3.63) is 35.4 Å². The first-order valence-electron chi connectivity index (χ1n) is 5.53. The lowest BCUT2D eigenvalue weighted by atomic mass is 10.1. The van der Waals surface area contributed by atoms with Crippen molar-refractivity contribution >= 4 is 18.3 Å². The zero-order valence-electron chi connectivity index (χ0n) is 10.7. The zero-order chi connectivity index (χ0) is 14.5. The third kappa shape index (κ3) is 5.36. The average Bonchev–Trinajstić information content (AvgIpc) is 2.35. The number of hydrogen-bond acceptors (Lipinski definition) is 3. The highest BCUT2D eigenvalue weighted by Gasteiger charge is 2.32. The van der Waals surface area contributed by atoms with E-state index < -0.39 is 23.7 Å². The summed E-state index contributed by atoms with van der Waals surface area (Å²) in [5, 5.41) is 2.35. The van der Waals surface area contributed by atoms with E-state index in [2.05, 4.69) is 10.1 Å². The van der Waals surface area contributed by atoms with Gasteiger partial charge in [0.25, 0.3) is 0 Å². The number of amides is 1. The Balaban J connectivity index is 0.00000361. The third-order valence-electron chi connectivity index (χ3n) is 2.46. The van der Waals surface area contributed by atoms with Crippen molar-refractivity contribution in [1.82, 2.24) is 5.32 Å². The fourth-order valence-corrected chi connectivity index (χ4v) is 1.52. The molecule has 8 heteroatoms. The van der Waals surface area contributed by atoms with E-state index in [0.717, 1.165) is 6.07 Å². The summed E-state index contributed by atoms with van der Waals surface area (Å²) in [5.74, 6) is -0.557. The number of methoxy groups -OCH3 is 1. The lowest BCUT2D eigenvalue weighted by Gasteiger charge is -2.15. The zero-order valence-corrected chi connectivity index (χ0v) is 11.6. The summed E-state index contributed by atoms with van der Waals surface area (Å²) in [5.41, 5.74) is 4.68. The van der Waals surface area contributed by atoms with Crippen LogP contribution in [0.15, 0.2) is 24.3 Å². The predicted molar refractivity (Wildman–Crippen MR) is 70.4 cm³/mol. The number of benzene rings is 1. The maximum absolute atomic E-state index is 12.7. The Bertz CT molecular complexity index is 441. The maximum Gasteiger partial charge on any atom is 0.416 e. The monoisotopic (exact) mass is 312 g/mol. The van der Waals surface area contributed by atoms with Crippen molar-refractivity contribution < 1.29 is 22.7 Å². The van der Waals surface area contributed by atoms with Gasteiger partial charge in [0.15, 0.2) is 0 Å². The maximum atomic E-state index is 12.7. The van der Waals surface area contributed by atoms with Crippen LogP contribution in [-0.4, -0.2) is 25.7 Å². The van der Waals surface area contributed by atoms with Crippen molar-refractivity contribution in [2.45, 2.75) is 18.8 Å². The number of alkyl halides is 3. The summed E-state index contributed by atoms with van der Waals surface area (Å²) < 4.78 is 42.8. The van der Waals surface area contributed by atoms with Gasteiger partial charge in [0.05, 0.1) is 12.2 Å². The molecule has 1 amide bonds. The van der Waals surface area contributed by atoms with Crippen LogP contribution in [0.4, 0.5) is 13.2 Å². The second-order valence-corrected chi connectivity index (χ2v) is 3.93. The van der Waals surface area contributed by atoms with Crippen LogP contribution < -0.4 is 11.1 Å². The highest BCUT2D eigenvalue weighted by molar-refractivity contribution is 5.85. The van der Waals surface area contributed by atoms with Gasteiger partial charge in [0.1, 0.15) is 6.04 Å². The Labute approximate surface area is 120 Å². The molecule has 1 atom stereocenters. The smallest absolute Gasteiger partial charge is 0.383 e. The molecule has 0 spiro atoms. The molecule has 1 aromatic carbocycles. The van der Waals surface area contributed by atoms with Crippen molar-refractivity contribution in [3.8, 4) is 0 Å². The molecule has 0 aliphatic heterocycles. The molecule has 0 fully saturated rings. The van der Waals surface area contributed by atoms with Crippen molar-refractivity contribution in [1.29, 1.82) is 0 Å². The molecule has 3 N–H and O–H groups in total. The lowest BCUT2D eigenvalue weighted by Crippen LogP contribution is -2.43. The molecule has 0 saturated heterocycles. The van der Waals surface area contributed by atoms with Gasteiger partial charge in [0, 0.05) is 13.7 Å². The molecule has 0 heterocycles. The Morgan fingerprint density at radius 1 is 1.40 bits per heavy atom. The first kappa shape index (κ1) is 18.7. The third-order valence-corrected chi connectivity index (χ3v) is 2.46. The van der Waals surface area contributed by atoms with Crippen LogP contribution in [0.1, 0.15) is 11.1 Å². The molecule has 114 valence electrons. The molecule has 0 aliphatic carbocycles. The summed E-state index contributed by atoms with van der Waals surface area (Å²) in [6.07, 6.45) is -4.45. The van der Waals surface area contributed by atoms with Crippen LogP contribution in [0.5, 0.6) is 0 Å². The number of carbonyl (C=O) groups is 1. The molecular weight excluding hydrogens is 297 g/mol. The van der Waals surface area contributed by atoms with Crippen LogP contribution in [0.3, 0.4) is 0 Å². The van der Waals surface area contributed by atoms with Gasteiger partial charge < -0.3 is 15.8 Å². The van der Waals surface area contributed by atoms with Gasteiger partial charge in [-0.15, -0.1) is 12.4 Å². The molecule has 1 aromatic rings. The van der Waals surface area contributed by atoms with Crippen LogP contribution in [0.2, 0.25) is 0 Å². The first-order chi connectivity index (χ1) is 8.86. The second kappa shape index (κ2) is 8.08. The van der Waals surface area contributed by atoms with Gasteiger partial charge in [-0.1, -0.05) is 18.2 Å². The van der Waals surface area contributed by atoms with E-state index in [0.29, 0.717) is 0 Å². The van der Waals surface area contributed by atoms with Crippen LogP contribution in [0.25, 0.3) is 0 Å². The summed E-state index contributed by atoms with van der Waals surface area (Å²) in [7, 11) is 1.38. The van der Waals surface area contributed by atoms with E-state index in [1.165, 1.54) is 25.3 Å². The molecule has 0 aromatic heterocycles. The number of nitrogens with one attached hydrogen (secondary N) is 1. The molecule has 1 unspecified atom stereocenters. The van der Waals surface area contributed by atoms with E-state index in [9.17, 15) is 18.0 Å². The Hall–Kier alpha value is -1.31. The fourth-order valence-electron chi connectivity index (χ4n) is 1.52. The Morgan fingerprint density at radius 3 is 2.55 bits per heavy atom. The molecule has 0 aliphatic rings. The summed E-state index contributed by atoms with van der Waals surface area (Å²) in [6.45, 7) is -0.224. The van der Waals surface area contributed by atoms with Gasteiger partial charge in [-0.3, -0.25) is 4.79 Å².